The number of benzene rings is 4. The SMILES string of the molecule is COc1ccccc1[C@@H]1C(C(=O)O)[C@@H](c2ccccc2OC)C1C(=O)Oc1ccccc1-c1ccc2c(c1)OCO2. The number of hydrogen-bond donors (Lipinski definition) is 1. The topological polar surface area (TPSA) is 101 Å². The zero-order valence-corrected chi connectivity index (χ0v) is 22.5. The highest BCUT2D eigenvalue weighted by molar-refractivity contribution is 5.87. The van der Waals surface area contributed by atoms with Crippen molar-refractivity contribution in [3.05, 3.63) is 102 Å². The molecule has 0 radical (unpaired) electrons. The molecule has 4 aromatic carbocycles. The summed E-state index contributed by atoms with van der Waals surface area (Å²) in [4.78, 5) is 26.9. The molecule has 0 spiro atoms. The molecule has 8 heteroatoms. The van der Waals surface area contributed by atoms with E-state index in [1.165, 1.54) is 14.2 Å². The average molecular weight is 553 g/mol. The van der Waals surface area contributed by atoms with E-state index in [9.17, 15) is 14.7 Å². The lowest BCUT2D eigenvalue weighted by Gasteiger charge is -2.49. The summed E-state index contributed by atoms with van der Waals surface area (Å²) in [5.41, 5.74) is 2.76. The van der Waals surface area contributed by atoms with E-state index in [1.54, 1.807) is 36.4 Å². The molecule has 0 saturated heterocycles. The fourth-order valence-corrected chi connectivity index (χ4v) is 6.04. The molecule has 1 N–H and O–H groups in total. The van der Waals surface area contributed by atoms with Gasteiger partial charge >= 0.3 is 11.9 Å². The van der Waals surface area contributed by atoms with Crippen molar-refractivity contribution in [1.29, 1.82) is 0 Å². The second-order valence-electron chi connectivity index (χ2n) is 9.91. The van der Waals surface area contributed by atoms with Gasteiger partial charge in [-0.1, -0.05) is 60.7 Å². The largest absolute Gasteiger partial charge is 0.496 e. The number of carbonyl (C=O) groups excluding carboxylic acids is 1. The van der Waals surface area contributed by atoms with Crippen LogP contribution in [0, 0.1) is 11.8 Å². The Labute approximate surface area is 237 Å². The van der Waals surface area contributed by atoms with E-state index < -0.39 is 35.6 Å². The normalized spacial score (nSPS) is 20.5. The summed E-state index contributed by atoms with van der Waals surface area (Å²) < 4.78 is 28.3. The second kappa shape index (κ2) is 10.9. The predicted octanol–water partition coefficient (Wildman–Crippen LogP) is 5.90. The van der Waals surface area contributed by atoms with Crippen LogP contribution in [-0.4, -0.2) is 38.1 Å². The van der Waals surface area contributed by atoms with Crippen molar-refractivity contribution in [1.82, 2.24) is 0 Å². The number of rotatable bonds is 8. The van der Waals surface area contributed by atoms with Gasteiger partial charge in [-0.2, -0.15) is 0 Å². The van der Waals surface area contributed by atoms with Crippen LogP contribution in [0.2, 0.25) is 0 Å². The number of fused-ring (bicyclic) bond motifs is 1. The number of hydrogen-bond acceptors (Lipinski definition) is 7. The fourth-order valence-electron chi connectivity index (χ4n) is 6.04. The van der Waals surface area contributed by atoms with Crippen LogP contribution in [0.1, 0.15) is 23.0 Å². The summed E-state index contributed by atoms with van der Waals surface area (Å²) in [6.45, 7) is 0.149. The van der Waals surface area contributed by atoms with Crippen molar-refractivity contribution in [2.45, 2.75) is 11.8 Å². The van der Waals surface area contributed by atoms with Crippen molar-refractivity contribution in [3.8, 4) is 39.9 Å². The molecule has 1 aliphatic carbocycles. The van der Waals surface area contributed by atoms with Gasteiger partial charge in [0.1, 0.15) is 17.2 Å². The molecule has 0 aromatic heterocycles. The Bertz CT molecular complexity index is 1560. The molecule has 0 unspecified atom stereocenters. The number of carboxylic acid groups (broad SMARTS) is 1. The molecule has 1 fully saturated rings. The van der Waals surface area contributed by atoms with Gasteiger partial charge in [-0.25, -0.2) is 0 Å². The van der Waals surface area contributed by atoms with Crippen LogP contribution in [0.3, 0.4) is 0 Å². The Kier molecular flexibility index (Phi) is 6.97. The molecule has 0 amide bonds. The smallest absolute Gasteiger partial charge is 0.315 e. The van der Waals surface area contributed by atoms with E-state index in [0.29, 0.717) is 45.4 Å². The van der Waals surface area contributed by atoms with E-state index in [2.05, 4.69) is 0 Å². The molecular weight excluding hydrogens is 524 g/mol. The fraction of sp³-hybridized carbons (Fsp3) is 0.212. The molecule has 41 heavy (non-hydrogen) atoms. The van der Waals surface area contributed by atoms with Crippen LogP contribution in [0.4, 0.5) is 0 Å². The lowest BCUT2D eigenvalue weighted by molar-refractivity contribution is -0.158. The van der Waals surface area contributed by atoms with Crippen LogP contribution in [-0.2, 0) is 9.59 Å². The van der Waals surface area contributed by atoms with Crippen LogP contribution in [0.5, 0.6) is 28.7 Å². The Hall–Kier alpha value is -4.98. The van der Waals surface area contributed by atoms with Crippen molar-refractivity contribution >= 4 is 11.9 Å². The maximum atomic E-state index is 14.2. The van der Waals surface area contributed by atoms with Gasteiger partial charge in [0.2, 0.25) is 6.79 Å². The molecule has 6 rings (SSSR count). The van der Waals surface area contributed by atoms with Crippen LogP contribution in [0.25, 0.3) is 11.1 Å². The molecular formula is C33H28O8. The molecule has 1 heterocycles. The van der Waals surface area contributed by atoms with Crippen molar-refractivity contribution in [3.63, 3.8) is 0 Å². The molecule has 208 valence electrons. The van der Waals surface area contributed by atoms with Gasteiger partial charge in [-0.15, -0.1) is 0 Å². The standard InChI is InChI=1S/C33H28O8/c1-37-23-12-6-4-10-21(23)28-30(32(34)35)29(22-11-5-7-13-24(22)38-2)31(28)33(36)41-25-14-8-3-9-20(25)19-15-16-26-27(17-19)40-18-39-26/h3-17,28-31H,18H2,1-2H3,(H,34,35)/t28-,29-,30?,31?/m1/s1. The van der Waals surface area contributed by atoms with E-state index >= 15 is 0 Å². The molecule has 0 bridgehead atoms. The first-order valence-corrected chi connectivity index (χ1v) is 13.2. The molecule has 2 atom stereocenters. The maximum Gasteiger partial charge on any atom is 0.315 e. The maximum absolute atomic E-state index is 14.2. The number of ether oxygens (including phenoxy) is 5. The third-order valence-electron chi connectivity index (χ3n) is 7.88. The first kappa shape index (κ1) is 26.3. The number of methoxy groups -OCH3 is 2. The zero-order valence-electron chi connectivity index (χ0n) is 22.5. The summed E-state index contributed by atoms with van der Waals surface area (Å²) in [5, 5.41) is 10.4. The predicted molar refractivity (Wildman–Crippen MR) is 150 cm³/mol. The quantitative estimate of drug-likeness (QED) is 0.213. The summed E-state index contributed by atoms with van der Waals surface area (Å²) >= 11 is 0. The van der Waals surface area contributed by atoms with Crippen LogP contribution in [0.15, 0.2) is 91.0 Å². The Balaban J connectivity index is 1.42. The van der Waals surface area contributed by atoms with Crippen molar-refractivity contribution in [2.75, 3.05) is 21.0 Å². The second-order valence-corrected chi connectivity index (χ2v) is 9.91. The molecule has 2 aliphatic rings. The van der Waals surface area contributed by atoms with Gasteiger partial charge in [0.05, 0.1) is 26.1 Å². The van der Waals surface area contributed by atoms with E-state index in [1.807, 2.05) is 54.6 Å². The van der Waals surface area contributed by atoms with E-state index in [4.69, 9.17) is 23.7 Å². The zero-order chi connectivity index (χ0) is 28.5. The van der Waals surface area contributed by atoms with Gasteiger partial charge in [0.25, 0.3) is 0 Å². The monoisotopic (exact) mass is 552 g/mol. The van der Waals surface area contributed by atoms with Gasteiger partial charge in [-0.3, -0.25) is 9.59 Å². The number of para-hydroxylation sites is 3. The number of carbonyl (C=O) groups is 2. The third-order valence-corrected chi connectivity index (χ3v) is 7.88. The third kappa shape index (κ3) is 4.61. The Morgan fingerprint density at radius 2 is 1.27 bits per heavy atom. The molecule has 1 aliphatic heterocycles. The Morgan fingerprint density at radius 1 is 0.707 bits per heavy atom. The number of carboxylic acids is 1. The van der Waals surface area contributed by atoms with Crippen molar-refractivity contribution < 1.29 is 38.4 Å². The molecule has 8 nitrogen and oxygen atoms in total. The van der Waals surface area contributed by atoms with E-state index in [-0.39, 0.29) is 6.79 Å². The number of aliphatic carboxylic acids is 1. The first-order valence-electron chi connectivity index (χ1n) is 13.2. The summed E-state index contributed by atoms with van der Waals surface area (Å²) in [6.07, 6.45) is 0. The average Bonchev–Trinajstić information content (AvgIpc) is 3.45. The number of esters is 1. The minimum Gasteiger partial charge on any atom is -0.496 e. The summed E-state index contributed by atoms with van der Waals surface area (Å²) in [6, 6.07) is 27.1. The highest BCUT2D eigenvalue weighted by atomic mass is 16.7. The highest BCUT2D eigenvalue weighted by Crippen LogP contribution is 2.60. The first-order chi connectivity index (χ1) is 20.0. The molecule has 4 aromatic rings. The minimum atomic E-state index is -1.01. The van der Waals surface area contributed by atoms with Crippen LogP contribution < -0.4 is 23.7 Å². The molecule has 1 saturated carbocycles. The van der Waals surface area contributed by atoms with Crippen LogP contribution >= 0.6 is 0 Å². The van der Waals surface area contributed by atoms with Gasteiger partial charge in [0.15, 0.2) is 11.5 Å². The van der Waals surface area contributed by atoms with Gasteiger partial charge < -0.3 is 28.8 Å². The lowest BCUT2D eigenvalue weighted by Crippen LogP contribution is -2.52. The van der Waals surface area contributed by atoms with Crippen molar-refractivity contribution in [2.24, 2.45) is 11.8 Å². The highest BCUT2D eigenvalue weighted by Gasteiger charge is 2.60. The Morgan fingerprint density at radius 3 is 1.88 bits per heavy atom. The van der Waals surface area contributed by atoms with Gasteiger partial charge in [-0.05, 0) is 47.0 Å². The summed E-state index contributed by atoms with van der Waals surface area (Å²) in [7, 11) is 3.06. The lowest BCUT2D eigenvalue weighted by atomic mass is 9.52. The van der Waals surface area contributed by atoms with E-state index in [0.717, 1.165) is 5.56 Å². The van der Waals surface area contributed by atoms with Gasteiger partial charge in [0, 0.05) is 17.4 Å². The minimum absolute atomic E-state index is 0.149. The summed E-state index contributed by atoms with van der Waals surface area (Å²) in [5.74, 6) is -2.03.